The number of halogens is 1. The summed E-state index contributed by atoms with van der Waals surface area (Å²) in [4.78, 5) is 6.69. The van der Waals surface area contributed by atoms with E-state index in [0.29, 0.717) is 6.61 Å². The van der Waals surface area contributed by atoms with Gasteiger partial charge in [0, 0.05) is 44.5 Å². The van der Waals surface area contributed by atoms with E-state index in [1.54, 1.807) is 4.68 Å². The first kappa shape index (κ1) is 21.7. The second kappa shape index (κ2) is 10.1. The average Bonchev–Trinajstić information content (AvgIpc) is 3.22. The first-order chi connectivity index (χ1) is 12.6. The molecule has 1 fully saturated rings. The van der Waals surface area contributed by atoms with E-state index in [-0.39, 0.29) is 30.1 Å². The Morgan fingerprint density at radius 1 is 1.41 bits per heavy atom. The summed E-state index contributed by atoms with van der Waals surface area (Å²) in [5.74, 6) is 1.83. The van der Waals surface area contributed by atoms with Gasteiger partial charge < -0.3 is 19.5 Å². The fourth-order valence-electron chi connectivity index (χ4n) is 3.31. The zero-order chi connectivity index (χ0) is 18.5. The van der Waals surface area contributed by atoms with Crippen LogP contribution in [0.1, 0.15) is 35.1 Å². The molecular weight excluding hydrogens is 459 g/mol. The smallest absolute Gasteiger partial charge is 0.193 e. The van der Waals surface area contributed by atoms with E-state index in [1.807, 2.05) is 40.3 Å². The molecule has 8 nitrogen and oxygen atoms in total. The Labute approximate surface area is 177 Å². The molecular formula is C18H29IN6O2. The molecule has 27 heavy (non-hydrogen) atoms. The maximum absolute atomic E-state index is 5.91. The van der Waals surface area contributed by atoms with Crippen LogP contribution in [0.2, 0.25) is 0 Å². The molecule has 0 saturated carbocycles. The molecule has 0 spiro atoms. The van der Waals surface area contributed by atoms with Crippen molar-refractivity contribution < 1.29 is 9.26 Å². The number of hydrogen-bond donors (Lipinski definition) is 1. The standard InChI is InChI=1S/C18H28N6O2.HI/c1-13-16(14(2)26-22-13)6-5-7-20-18(19-3)24-8-9-25-17(12-24)15-10-21-23(4)11-15;/h10-11,17H,5-9,12H2,1-4H3,(H,19,20);1H. The minimum absolute atomic E-state index is 0. The van der Waals surface area contributed by atoms with Crippen molar-refractivity contribution in [1.29, 1.82) is 0 Å². The quantitative estimate of drug-likeness (QED) is 0.301. The number of nitrogens with zero attached hydrogens (tertiary/aromatic N) is 5. The molecule has 1 aliphatic heterocycles. The van der Waals surface area contributed by atoms with E-state index < -0.39 is 0 Å². The molecule has 0 radical (unpaired) electrons. The van der Waals surface area contributed by atoms with E-state index in [0.717, 1.165) is 55.5 Å². The Balaban J connectivity index is 0.00000261. The molecule has 1 saturated heterocycles. The molecule has 0 aromatic carbocycles. The van der Waals surface area contributed by atoms with Crippen LogP contribution in [-0.2, 0) is 18.2 Å². The van der Waals surface area contributed by atoms with Crippen LogP contribution in [-0.4, -0.2) is 59.1 Å². The number of morpholine rings is 1. The third-order valence-corrected chi connectivity index (χ3v) is 4.74. The lowest BCUT2D eigenvalue weighted by Gasteiger charge is -2.34. The van der Waals surface area contributed by atoms with Gasteiger partial charge in [0.1, 0.15) is 11.9 Å². The zero-order valence-electron chi connectivity index (χ0n) is 16.4. The van der Waals surface area contributed by atoms with Gasteiger partial charge in [0.15, 0.2) is 5.96 Å². The first-order valence-corrected chi connectivity index (χ1v) is 9.06. The molecule has 1 atom stereocenters. The fourth-order valence-corrected chi connectivity index (χ4v) is 3.31. The largest absolute Gasteiger partial charge is 0.370 e. The number of ether oxygens (including phenoxy) is 1. The predicted molar refractivity (Wildman–Crippen MR) is 115 cm³/mol. The highest BCUT2D eigenvalue weighted by Gasteiger charge is 2.25. The van der Waals surface area contributed by atoms with Gasteiger partial charge in [-0.15, -0.1) is 24.0 Å². The molecule has 3 heterocycles. The maximum Gasteiger partial charge on any atom is 0.193 e. The third-order valence-electron chi connectivity index (χ3n) is 4.74. The number of guanidine groups is 1. The van der Waals surface area contributed by atoms with Gasteiger partial charge in [-0.25, -0.2) is 0 Å². The summed E-state index contributed by atoms with van der Waals surface area (Å²) < 4.78 is 12.9. The molecule has 2 aromatic rings. The molecule has 9 heteroatoms. The normalized spacial score (nSPS) is 17.7. The van der Waals surface area contributed by atoms with Crippen molar-refractivity contribution >= 4 is 29.9 Å². The molecule has 0 bridgehead atoms. The highest BCUT2D eigenvalue weighted by Crippen LogP contribution is 2.21. The summed E-state index contributed by atoms with van der Waals surface area (Å²) in [5, 5.41) is 11.7. The average molecular weight is 488 g/mol. The highest BCUT2D eigenvalue weighted by atomic mass is 127. The van der Waals surface area contributed by atoms with Crippen LogP contribution in [0.5, 0.6) is 0 Å². The minimum Gasteiger partial charge on any atom is -0.370 e. The van der Waals surface area contributed by atoms with Crippen LogP contribution in [0, 0.1) is 13.8 Å². The summed E-state index contributed by atoms with van der Waals surface area (Å²) in [6.45, 7) is 7.10. The minimum atomic E-state index is 0. The van der Waals surface area contributed by atoms with Crippen LogP contribution >= 0.6 is 24.0 Å². The van der Waals surface area contributed by atoms with E-state index in [1.165, 1.54) is 5.56 Å². The van der Waals surface area contributed by atoms with Crippen molar-refractivity contribution in [3.8, 4) is 0 Å². The van der Waals surface area contributed by atoms with Crippen LogP contribution in [0.15, 0.2) is 21.9 Å². The summed E-state index contributed by atoms with van der Waals surface area (Å²) in [7, 11) is 3.74. The Bertz CT molecular complexity index is 737. The van der Waals surface area contributed by atoms with Crippen molar-refractivity contribution in [2.75, 3.05) is 33.3 Å². The number of aryl methyl sites for hydroxylation is 3. The Morgan fingerprint density at radius 2 is 2.22 bits per heavy atom. The van der Waals surface area contributed by atoms with Crippen molar-refractivity contribution in [1.82, 2.24) is 25.2 Å². The Hall–Kier alpha value is -1.62. The second-order valence-electron chi connectivity index (χ2n) is 6.63. The third kappa shape index (κ3) is 5.44. The number of aromatic nitrogens is 3. The highest BCUT2D eigenvalue weighted by molar-refractivity contribution is 14.0. The first-order valence-electron chi connectivity index (χ1n) is 9.06. The van der Waals surface area contributed by atoms with Crippen LogP contribution in [0.4, 0.5) is 0 Å². The van der Waals surface area contributed by atoms with Gasteiger partial charge in [-0.3, -0.25) is 9.67 Å². The lowest BCUT2D eigenvalue weighted by Crippen LogP contribution is -2.48. The Morgan fingerprint density at radius 3 is 2.85 bits per heavy atom. The summed E-state index contributed by atoms with van der Waals surface area (Å²) in [5.41, 5.74) is 3.30. The number of nitrogens with one attached hydrogen (secondary N) is 1. The summed E-state index contributed by atoms with van der Waals surface area (Å²) in [6.07, 6.45) is 5.85. The van der Waals surface area contributed by atoms with E-state index in [4.69, 9.17) is 9.26 Å². The van der Waals surface area contributed by atoms with Gasteiger partial charge in [0.05, 0.1) is 25.0 Å². The van der Waals surface area contributed by atoms with Crippen LogP contribution in [0.3, 0.4) is 0 Å². The SMILES string of the molecule is CN=C(NCCCc1c(C)noc1C)N1CCOC(c2cnn(C)c2)C1.I. The molecule has 0 amide bonds. The summed E-state index contributed by atoms with van der Waals surface area (Å²) in [6, 6.07) is 0. The van der Waals surface area contributed by atoms with Crippen molar-refractivity contribution in [2.24, 2.45) is 12.0 Å². The van der Waals surface area contributed by atoms with Crippen molar-refractivity contribution in [3.63, 3.8) is 0 Å². The predicted octanol–water partition coefficient (Wildman–Crippen LogP) is 2.22. The number of rotatable bonds is 5. The molecule has 150 valence electrons. The van der Waals surface area contributed by atoms with Gasteiger partial charge in [-0.05, 0) is 26.7 Å². The van der Waals surface area contributed by atoms with Crippen molar-refractivity contribution in [3.05, 3.63) is 35.0 Å². The number of hydrogen-bond acceptors (Lipinski definition) is 5. The monoisotopic (exact) mass is 488 g/mol. The van der Waals surface area contributed by atoms with Crippen LogP contribution < -0.4 is 5.32 Å². The lowest BCUT2D eigenvalue weighted by atomic mass is 10.1. The molecule has 1 aliphatic rings. The lowest BCUT2D eigenvalue weighted by molar-refractivity contribution is -0.00801. The second-order valence-corrected chi connectivity index (χ2v) is 6.63. The van der Waals surface area contributed by atoms with Gasteiger partial charge in [-0.2, -0.15) is 5.10 Å². The van der Waals surface area contributed by atoms with E-state index in [9.17, 15) is 0 Å². The zero-order valence-corrected chi connectivity index (χ0v) is 18.8. The van der Waals surface area contributed by atoms with Crippen LogP contribution in [0.25, 0.3) is 0 Å². The van der Waals surface area contributed by atoms with Gasteiger partial charge in [-0.1, -0.05) is 5.16 Å². The van der Waals surface area contributed by atoms with Gasteiger partial charge >= 0.3 is 0 Å². The molecule has 2 aromatic heterocycles. The molecule has 0 aliphatic carbocycles. The van der Waals surface area contributed by atoms with Crippen molar-refractivity contribution in [2.45, 2.75) is 32.8 Å². The molecule has 1 unspecified atom stereocenters. The van der Waals surface area contributed by atoms with Gasteiger partial charge in [0.2, 0.25) is 0 Å². The molecule has 3 rings (SSSR count). The Kier molecular flexibility index (Phi) is 8.08. The van der Waals surface area contributed by atoms with E-state index >= 15 is 0 Å². The molecule has 1 N–H and O–H groups in total. The maximum atomic E-state index is 5.91. The van der Waals surface area contributed by atoms with E-state index in [2.05, 4.69) is 25.5 Å². The fraction of sp³-hybridized carbons (Fsp3) is 0.611. The van der Waals surface area contributed by atoms with Gasteiger partial charge in [0.25, 0.3) is 0 Å². The number of aliphatic imine (C=N–C) groups is 1. The summed E-state index contributed by atoms with van der Waals surface area (Å²) >= 11 is 0. The topological polar surface area (TPSA) is 80.7 Å².